The average Bonchev–Trinajstić information content (AvgIpc) is 2.84. The van der Waals surface area contributed by atoms with Crippen molar-refractivity contribution in [3.63, 3.8) is 0 Å². The summed E-state index contributed by atoms with van der Waals surface area (Å²) < 4.78 is 0. The molecule has 1 atom stereocenters. The fourth-order valence-electron chi connectivity index (χ4n) is 3.96. The van der Waals surface area contributed by atoms with E-state index in [4.69, 9.17) is 0 Å². The van der Waals surface area contributed by atoms with Crippen LogP contribution in [0.3, 0.4) is 0 Å². The van der Waals surface area contributed by atoms with Gasteiger partial charge in [0.2, 0.25) is 0 Å². The van der Waals surface area contributed by atoms with Crippen LogP contribution in [0.1, 0.15) is 30.4 Å². The van der Waals surface area contributed by atoms with Crippen molar-refractivity contribution in [3.8, 4) is 0 Å². The van der Waals surface area contributed by atoms with Gasteiger partial charge < -0.3 is 5.11 Å². The van der Waals surface area contributed by atoms with Gasteiger partial charge in [-0.25, -0.2) is 10.0 Å². The lowest BCUT2D eigenvalue weighted by atomic mass is 10.0. The Bertz CT molecular complexity index is 743. The van der Waals surface area contributed by atoms with Gasteiger partial charge in [-0.3, -0.25) is 4.79 Å². The number of aliphatic carboxylic acids is 1. The predicted molar refractivity (Wildman–Crippen MR) is 89.7 cm³/mol. The molecule has 1 saturated heterocycles. The molecular formula is C19H22N2O2. The third kappa shape index (κ3) is 2.73. The molecule has 0 aromatic heterocycles. The van der Waals surface area contributed by atoms with Gasteiger partial charge in [0.1, 0.15) is 0 Å². The molecule has 0 bridgehead atoms. The largest absolute Gasteiger partial charge is 0.481 e. The number of rotatable bonds is 2. The second kappa shape index (κ2) is 5.95. The van der Waals surface area contributed by atoms with E-state index in [0.717, 1.165) is 45.4 Å². The number of hydrogen-bond donors (Lipinski definition) is 1. The van der Waals surface area contributed by atoms with E-state index in [1.54, 1.807) is 0 Å². The Morgan fingerprint density at radius 2 is 1.87 bits per heavy atom. The van der Waals surface area contributed by atoms with Gasteiger partial charge in [-0.15, -0.1) is 0 Å². The highest BCUT2D eigenvalue weighted by Crippen LogP contribution is 2.32. The van der Waals surface area contributed by atoms with Gasteiger partial charge in [0.15, 0.2) is 0 Å². The lowest BCUT2D eigenvalue weighted by Crippen LogP contribution is -2.39. The van der Waals surface area contributed by atoms with Crippen LogP contribution in [0.5, 0.6) is 0 Å². The SMILES string of the molecule is O=C(O)C1CCCN(N2Cc3ccc4ccccc4c3C2)CC1. The van der Waals surface area contributed by atoms with Crippen molar-refractivity contribution >= 4 is 16.7 Å². The topological polar surface area (TPSA) is 43.8 Å². The third-order valence-electron chi connectivity index (χ3n) is 5.28. The maximum Gasteiger partial charge on any atom is 0.306 e. The number of hydrazine groups is 1. The Morgan fingerprint density at radius 1 is 1.00 bits per heavy atom. The molecule has 4 rings (SSSR count). The Kier molecular flexibility index (Phi) is 3.79. The Morgan fingerprint density at radius 3 is 2.74 bits per heavy atom. The second-order valence-electron chi connectivity index (χ2n) is 6.67. The molecule has 0 radical (unpaired) electrons. The Balaban J connectivity index is 1.54. The number of carboxylic acid groups (broad SMARTS) is 1. The maximum atomic E-state index is 11.2. The highest BCUT2D eigenvalue weighted by atomic mass is 16.4. The minimum Gasteiger partial charge on any atom is -0.481 e. The zero-order chi connectivity index (χ0) is 15.8. The Labute approximate surface area is 136 Å². The summed E-state index contributed by atoms with van der Waals surface area (Å²) in [5.41, 5.74) is 2.84. The summed E-state index contributed by atoms with van der Waals surface area (Å²) in [6, 6.07) is 13.0. The normalized spacial score (nSPS) is 22.9. The minimum atomic E-state index is -0.637. The number of hydrogen-bond acceptors (Lipinski definition) is 3. The van der Waals surface area contributed by atoms with Crippen molar-refractivity contribution in [3.05, 3.63) is 47.5 Å². The summed E-state index contributed by atoms with van der Waals surface area (Å²) in [6.07, 6.45) is 2.52. The van der Waals surface area contributed by atoms with Crippen molar-refractivity contribution in [2.75, 3.05) is 13.1 Å². The fourth-order valence-corrected chi connectivity index (χ4v) is 3.96. The van der Waals surface area contributed by atoms with Gasteiger partial charge >= 0.3 is 5.97 Å². The number of benzene rings is 2. The number of carbonyl (C=O) groups is 1. The molecule has 0 amide bonds. The first-order chi connectivity index (χ1) is 11.2. The first-order valence-corrected chi connectivity index (χ1v) is 8.44. The lowest BCUT2D eigenvalue weighted by molar-refractivity contribution is -0.142. The summed E-state index contributed by atoms with van der Waals surface area (Å²) >= 11 is 0. The van der Waals surface area contributed by atoms with E-state index in [9.17, 15) is 9.90 Å². The molecule has 2 aromatic rings. The molecule has 0 saturated carbocycles. The van der Waals surface area contributed by atoms with Crippen molar-refractivity contribution in [2.45, 2.75) is 32.4 Å². The van der Waals surface area contributed by atoms with Gasteiger partial charge in [0.05, 0.1) is 5.92 Å². The molecule has 23 heavy (non-hydrogen) atoms. The van der Waals surface area contributed by atoms with Crippen molar-refractivity contribution < 1.29 is 9.90 Å². The van der Waals surface area contributed by atoms with E-state index in [1.165, 1.54) is 21.9 Å². The zero-order valence-corrected chi connectivity index (χ0v) is 13.2. The molecule has 1 N–H and O–H groups in total. The molecule has 1 fully saturated rings. The van der Waals surface area contributed by atoms with Crippen LogP contribution in [0.15, 0.2) is 36.4 Å². The monoisotopic (exact) mass is 310 g/mol. The fraction of sp³-hybridized carbons (Fsp3) is 0.421. The molecule has 2 heterocycles. The first kappa shape index (κ1) is 14.7. The van der Waals surface area contributed by atoms with Crippen molar-refractivity contribution in [2.24, 2.45) is 5.92 Å². The van der Waals surface area contributed by atoms with Crippen LogP contribution in [-0.4, -0.2) is 34.2 Å². The quantitative estimate of drug-likeness (QED) is 0.924. The minimum absolute atomic E-state index is 0.175. The summed E-state index contributed by atoms with van der Waals surface area (Å²) in [6.45, 7) is 3.70. The van der Waals surface area contributed by atoms with E-state index < -0.39 is 5.97 Å². The van der Waals surface area contributed by atoms with Crippen LogP contribution in [0.4, 0.5) is 0 Å². The standard InChI is InChI=1S/C19H22N2O2/c22-19(23)15-5-3-10-20(11-9-15)21-12-16-8-7-14-4-1-2-6-17(14)18(16)13-21/h1-2,4,6-8,15H,3,5,9-13H2,(H,22,23). The van der Waals surface area contributed by atoms with E-state index in [1.807, 2.05) is 0 Å². The Hall–Kier alpha value is -1.91. The summed E-state index contributed by atoms with van der Waals surface area (Å²) in [7, 11) is 0. The molecule has 0 aliphatic carbocycles. The highest BCUT2D eigenvalue weighted by Gasteiger charge is 2.29. The number of nitrogens with zero attached hydrogens (tertiary/aromatic N) is 2. The lowest BCUT2D eigenvalue weighted by Gasteiger charge is -2.30. The van der Waals surface area contributed by atoms with Gasteiger partial charge in [0, 0.05) is 26.2 Å². The van der Waals surface area contributed by atoms with Crippen LogP contribution in [0.2, 0.25) is 0 Å². The summed E-state index contributed by atoms with van der Waals surface area (Å²) in [5.74, 6) is -0.812. The molecule has 2 aliphatic heterocycles. The highest BCUT2D eigenvalue weighted by molar-refractivity contribution is 5.87. The van der Waals surface area contributed by atoms with E-state index in [0.29, 0.717) is 0 Å². The van der Waals surface area contributed by atoms with E-state index in [-0.39, 0.29) is 5.92 Å². The molecule has 2 aliphatic rings. The smallest absolute Gasteiger partial charge is 0.306 e. The molecule has 1 unspecified atom stereocenters. The molecule has 0 spiro atoms. The molecule has 4 nitrogen and oxygen atoms in total. The summed E-state index contributed by atoms with van der Waals surface area (Å²) in [4.78, 5) is 11.2. The van der Waals surface area contributed by atoms with Crippen LogP contribution in [0, 0.1) is 5.92 Å². The van der Waals surface area contributed by atoms with Gasteiger partial charge in [-0.2, -0.15) is 0 Å². The molecular weight excluding hydrogens is 288 g/mol. The maximum absolute atomic E-state index is 11.2. The molecule has 120 valence electrons. The van der Waals surface area contributed by atoms with Crippen LogP contribution < -0.4 is 0 Å². The second-order valence-corrected chi connectivity index (χ2v) is 6.67. The number of fused-ring (bicyclic) bond motifs is 3. The summed E-state index contributed by atoms with van der Waals surface area (Å²) in [5, 5.41) is 16.7. The molecule has 2 aromatic carbocycles. The predicted octanol–water partition coefficient (Wildman–Crippen LogP) is 3.26. The van der Waals surface area contributed by atoms with Crippen LogP contribution in [-0.2, 0) is 17.9 Å². The van der Waals surface area contributed by atoms with Gasteiger partial charge in [0.25, 0.3) is 0 Å². The van der Waals surface area contributed by atoms with Gasteiger partial charge in [-0.05, 0) is 41.2 Å². The van der Waals surface area contributed by atoms with Crippen molar-refractivity contribution in [1.29, 1.82) is 0 Å². The number of carboxylic acids is 1. The van der Waals surface area contributed by atoms with Crippen LogP contribution in [0.25, 0.3) is 10.8 Å². The van der Waals surface area contributed by atoms with Crippen molar-refractivity contribution in [1.82, 2.24) is 10.0 Å². The van der Waals surface area contributed by atoms with E-state index in [2.05, 4.69) is 46.4 Å². The van der Waals surface area contributed by atoms with Gasteiger partial charge in [-0.1, -0.05) is 36.4 Å². The molecule has 4 heteroatoms. The first-order valence-electron chi connectivity index (χ1n) is 8.44. The average molecular weight is 310 g/mol. The third-order valence-corrected chi connectivity index (χ3v) is 5.28. The van der Waals surface area contributed by atoms with E-state index >= 15 is 0 Å². The zero-order valence-electron chi connectivity index (χ0n) is 13.2. The van der Waals surface area contributed by atoms with Crippen LogP contribution >= 0.6 is 0 Å².